The third-order valence-corrected chi connectivity index (χ3v) is 3.59. The summed E-state index contributed by atoms with van der Waals surface area (Å²) in [6.45, 7) is 3.80. The molecule has 0 aliphatic carbocycles. The van der Waals surface area contributed by atoms with Gasteiger partial charge in [-0.1, -0.05) is 18.2 Å². The molecule has 1 aliphatic rings. The highest BCUT2D eigenvalue weighted by Gasteiger charge is 2.20. The van der Waals surface area contributed by atoms with Gasteiger partial charge in [0.25, 0.3) is 0 Å². The van der Waals surface area contributed by atoms with Crippen molar-refractivity contribution in [3.63, 3.8) is 0 Å². The lowest BCUT2D eigenvalue weighted by atomic mass is 10.2. The predicted octanol–water partition coefficient (Wildman–Crippen LogP) is 1.84. The lowest BCUT2D eigenvalue weighted by Crippen LogP contribution is -2.42. The van der Waals surface area contributed by atoms with Crippen molar-refractivity contribution >= 4 is 17.6 Å². The van der Waals surface area contributed by atoms with Crippen molar-refractivity contribution in [1.29, 1.82) is 0 Å². The number of rotatable bonds is 6. The summed E-state index contributed by atoms with van der Waals surface area (Å²) in [7, 11) is 0. The molecule has 22 heavy (non-hydrogen) atoms. The van der Waals surface area contributed by atoms with Crippen molar-refractivity contribution in [1.82, 2.24) is 10.2 Å². The van der Waals surface area contributed by atoms with Crippen LogP contribution >= 0.6 is 0 Å². The minimum absolute atomic E-state index is 0.000711. The van der Waals surface area contributed by atoms with Gasteiger partial charge in [-0.3, -0.25) is 4.79 Å². The molecule has 1 aliphatic heterocycles. The summed E-state index contributed by atoms with van der Waals surface area (Å²) in [4.78, 5) is 25.1. The SMILES string of the molecule is CC(=O)N(CCNC(=O)Nc1ccccc1)CC1CCCO1. The van der Waals surface area contributed by atoms with Crippen LogP contribution in [0.25, 0.3) is 0 Å². The topological polar surface area (TPSA) is 70.7 Å². The van der Waals surface area contributed by atoms with Crippen molar-refractivity contribution < 1.29 is 14.3 Å². The van der Waals surface area contributed by atoms with Crippen molar-refractivity contribution in [3.8, 4) is 0 Å². The third-order valence-electron chi connectivity index (χ3n) is 3.59. The summed E-state index contributed by atoms with van der Waals surface area (Å²) in [6, 6.07) is 8.96. The average molecular weight is 305 g/mol. The van der Waals surface area contributed by atoms with Gasteiger partial charge in [-0.2, -0.15) is 0 Å². The number of nitrogens with zero attached hydrogens (tertiary/aromatic N) is 1. The number of benzene rings is 1. The lowest BCUT2D eigenvalue weighted by Gasteiger charge is -2.24. The molecule has 0 radical (unpaired) electrons. The smallest absolute Gasteiger partial charge is 0.319 e. The average Bonchev–Trinajstić information content (AvgIpc) is 3.00. The van der Waals surface area contributed by atoms with E-state index in [0.717, 1.165) is 25.1 Å². The molecule has 1 unspecified atom stereocenters. The van der Waals surface area contributed by atoms with Gasteiger partial charge in [-0.05, 0) is 25.0 Å². The molecule has 1 heterocycles. The van der Waals surface area contributed by atoms with Gasteiger partial charge in [0, 0.05) is 38.9 Å². The maximum Gasteiger partial charge on any atom is 0.319 e. The summed E-state index contributed by atoms with van der Waals surface area (Å²) in [5, 5.41) is 5.50. The number of hydrogen-bond acceptors (Lipinski definition) is 3. The molecule has 1 saturated heterocycles. The molecule has 1 aromatic carbocycles. The van der Waals surface area contributed by atoms with E-state index in [1.54, 1.807) is 11.8 Å². The maximum absolute atomic E-state index is 11.8. The second-order valence-electron chi connectivity index (χ2n) is 5.35. The molecule has 0 aromatic heterocycles. The molecule has 6 heteroatoms. The van der Waals surface area contributed by atoms with Crippen molar-refractivity contribution in [3.05, 3.63) is 30.3 Å². The van der Waals surface area contributed by atoms with E-state index >= 15 is 0 Å². The number of carbonyl (C=O) groups is 2. The van der Waals surface area contributed by atoms with Crippen LogP contribution < -0.4 is 10.6 Å². The highest BCUT2D eigenvalue weighted by Crippen LogP contribution is 2.13. The Kier molecular flexibility index (Phi) is 6.21. The second kappa shape index (κ2) is 8.38. The number of amides is 3. The fraction of sp³-hybridized carbons (Fsp3) is 0.500. The molecular weight excluding hydrogens is 282 g/mol. The van der Waals surface area contributed by atoms with Gasteiger partial charge >= 0.3 is 6.03 Å². The standard InChI is InChI=1S/C16H23N3O3/c1-13(20)19(12-15-8-5-11-22-15)10-9-17-16(21)18-14-6-3-2-4-7-14/h2-4,6-7,15H,5,8-12H2,1H3,(H2,17,18,21). The quantitative estimate of drug-likeness (QED) is 0.842. The Balaban J connectivity index is 1.70. The number of nitrogens with one attached hydrogen (secondary N) is 2. The van der Waals surface area contributed by atoms with E-state index in [1.165, 1.54) is 0 Å². The number of para-hydroxylation sites is 1. The number of hydrogen-bond donors (Lipinski definition) is 2. The molecule has 1 atom stereocenters. The Morgan fingerprint density at radius 3 is 2.73 bits per heavy atom. The van der Waals surface area contributed by atoms with E-state index in [2.05, 4.69) is 10.6 Å². The zero-order chi connectivity index (χ0) is 15.8. The van der Waals surface area contributed by atoms with Crippen LogP contribution in [0.1, 0.15) is 19.8 Å². The molecule has 2 rings (SSSR count). The van der Waals surface area contributed by atoms with E-state index in [0.29, 0.717) is 19.6 Å². The first-order valence-corrected chi connectivity index (χ1v) is 7.62. The molecule has 1 aromatic rings. The summed E-state index contributed by atoms with van der Waals surface area (Å²) >= 11 is 0. The van der Waals surface area contributed by atoms with E-state index in [4.69, 9.17) is 4.74 Å². The van der Waals surface area contributed by atoms with Crippen molar-refractivity contribution in [2.24, 2.45) is 0 Å². The van der Waals surface area contributed by atoms with Gasteiger partial charge in [0.1, 0.15) is 0 Å². The fourth-order valence-corrected chi connectivity index (χ4v) is 2.41. The van der Waals surface area contributed by atoms with Crippen LogP contribution in [0.5, 0.6) is 0 Å². The van der Waals surface area contributed by atoms with Gasteiger partial charge in [-0.15, -0.1) is 0 Å². The van der Waals surface area contributed by atoms with E-state index in [-0.39, 0.29) is 18.0 Å². The molecule has 1 fully saturated rings. The lowest BCUT2D eigenvalue weighted by molar-refractivity contribution is -0.130. The van der Waals surface area contributed by atoms with E-state index < -0.39 is 0 Å². The monoisotopic (exact) mass is 305 g/mol. The van der Waals surface area contributed by atoms with Crippen LogP contribution in [0.15, 0.2) is 30.3 Å². The summed E-state index contributed by atoms with van der Waals surface area (Å²) in [6.07, 6.45) is 2.17. The zero-order valence-corrected chi connectivity index (χ0v) is 12.9. The molecule has 6 nitrogen and oxygen atoms in total. The van der Waals surface area contributed by atoms with E-state index in [1.807, 2.05) is 30.3 Å². The number of urea groups is 1. The minimum atomic E-state index is -0.271. The van der Waals surface area contributed by atoms with Crippen LogP contribution in [0.3, 0.4) is 0 Å². The Hall–Kier alpha value is -2.08. The van der Waals surface area contributed by atoms with Gasteiger partial charge in [0.15, 0.2) is 0 Å². The first kappa shape index (κ1) is 16.3. The highest BCUT2D eigenvalue weighted by molar-refractivity contribution is 5.89. The Morgan fingerprint density at radius 2 is 2.09 bits per heavy atom. The Morgan fingerprint density at radius 1 is 1.32 bits per heavy atom. The van der Waals surface area contributed by atoms with Crippen LogP contribution in [0.4, 0.5) is 10.5 Å². The van der Waals surface area contributed by atoms with Crippen molar-refractivity contribution in [2.75, 3.05) is 31.6 Å². The Bertz CT molecular complexity index is 487. The van der Waals surface area contributed by atoms with E-state index in [9.17, 15) is 9.59 Å². The summed E-state index contributed by atoms with van der Waals surface area (Å²) < 4.78 is 5.55. The van der Waals surface area contributed by atoms with Crippen LogP contribution in [0.2, 0.25) is 0 Å². The number of anilines is 1. The highest BCUT2D eigenvalue weighted by atomic mass is 16.5. The minimum Gasteiger partial charge on any atom is -0.376 e. The second-order valence-corrected chi connectivity index (χ2v) is 5.35. The van der Waals surface area contributed by atoms with Gasteiger partial charge < -0.3 is 20.3 Å². The fourth-order valence-electron chi connectivity index (χ4n) is 2.41. The normalized spacial score (nSPS) is 17.0. The number of ether oxygens (including phenoxy) is 1. The van der Waals surface area contributed by atoms with Crippen LogP contribution in [-0.2, 0) is 9.53 Å². The maximum atomic E-state index is 11.8. The molecule has 0 saturated carbocycles. The zero-order valence-electron chi connectivity index (χ0n) is 12.9. The van der Waals surface area contributed by atoms with Gasteiger partial charge in [0.05, 0.1) is 6.10 Å². The molecule has 120 valence electrons. The summed E-state index contributed by atoms with van der Waals surface area (Å²) in [5.74, 6) is 0.000711. The van der Waals surface area contributed by atoms with Crippen LogP contribution in [-0.4, -0.2) is 49.2 Å². The summed E-state index contributed by atoms with van der Waals surface area (Å²) in [5.41, 5.74) is 0.739. The van der Waals surface area contributed by atoms with Gasteiger partial charge in [-0.25, -0.2) is 4.79 Å². The predicted molar refractivity (Wildman–Crippen MR) is 84.7 cm³/mol. The molecule has 3 amide bonds. The van der Waals surface area contributed by atoms with Crippen molar-refractivity contribution in [2.45, 2.75) is 25.9 Å². The molecular formula is C16H23N3O3. The third kappa shape index (κ3) is 5.37. The molecule has 0 bridgehead atoms. The number of carbonyl (C=O) groups excluding carboxylic acids is 2. The molecule has 0 spiro atoms. The largest absolute Gasteiger partial charge is 0.376 e. The first-order valence-electron chi connectivity index (χ1n) is 7.62. The van der Waals surface area contributed by atoms with Gasteiger partial charge in [0.2, 0.25) is 5.91 Å². The Labute approximate surface area is 130 Å². The first-order chi connectivity index (χ1) is 10.6. The van der Waals surface area contributed by atoms with Crippen LogP contribution in [0, 0.1) is 0 Å². The molecule has 2 N–H and O–H groups in total.